The van der Waals surface area contributed by atoms with Crippen LogP contribution in [-0.2, 0) is 0 Å². The second kappa shape index (κ2) is 4.87. The van der Waals surface area contributed by atoms with Crippen LogP contribution in [0.25, 0.3) is 0 Å². The van der Waals surface area contributed by atoms with Crippen LogP contribution in [0.2, 0.25) is 0 Å². The van der Waals surface area contributed by atoms with Crippen molar-refractivity contribution in [2.45, 2.75) is 13.8 Å². The van der Waals surface area contributed by atoms with E-state index in [1.54, 1.807) is 7.11 Å². The number of methoxy groups -OCH3 is 1. The zero-order valence-corrected chi connectivity index (χ0v) is 10.2. The summed E-state index contributed by atoms with van der Waals surface area (Å²) in [5.74, 6) is 2.53. The second-order valence-corrected chi connectivity index (χ2v) is 3.81. The molecule has 0 fully saturated rings. The van der Waals surface area contributed by atoms with E-state index in [4.69, 9.17) is 9.15 Å². The van der Waals surface area contributed by atoms with Crippen molar-refractivity contribution in [3.8, 4) is 5.75 Å². The van der Waals surface area contributed by atoms with Crippen LogP contribution in [0, 0.1) is 6.92 Å². The van der Waals surface area contributed by atoms with Gasteiger partial charge < -0.3 is 9.15 Å². The van der Waals surface area contributed by atoms with Gasteiger partial charge in [-0.05, 0) is 50.2 Å². The van der Waals surface area contributed by atoms with E-state index < -0.39 is 0 Å². The fourth-order valence-corrected chi connectivity index (χ4v) is 1.53. The summed E-state index contributed by atoms with van der Waals surface area (Å²) < 4.78 is 10.6. The predicted molar refractivity (Wildman–Crippen MR) is 68.3 cm³/mol. The third kappa shape index (κ3) is 2.75. The maximum Gasteiger partial charge on any atom is 0.148 e. The number of aryl methyl sites for hydroxylation is 1. The van der Waals surface area contributed by atoms with E-state index >= 15 is 0 Å². The lowest BCUT2D eigenvalue weighted by atomic mass is 10.3. The number of ether oxygens (including phenoxy) is 1. The SMILES string of the molecule is COc1ccc(N=C(C)c2ccc(C)o2)cc1. The minimum absolute atomic E-state index is 0.804. The van der Waals surface area contributed by atoms with E-state index in [0.717, 1.165) is 28.7 Å². The lowest BCUT2D eigenvalue weighted by molar-refractivity contribution is 0.415. The standard InChI is InChI=1S/C14H15NO2/c1-10-4-9-14(17-10)11(2)15-12-5-7-13(16-3)8-6-12/h4-9H,1-3H3. The zero-order chi connectivity index (χ0) is 12.3. The molecular weight excluding hydrogens is 214 g/mol. The van der Waals surface area contributed by atoms with E-state index in [2.05, 4.69) is 4.99 Å². The van der Waals surface area contributed by atoms with E-state index in [9.17, 15) is 0 Å². The van der Waals surface area contributed by atoms with Crippen LogP contribution in [0.1, 0.15) is 18.4 Å². The van der Waals surface area contributed by atoms with Gasteiger partial charge in [-0.15, -0.1) is 0 Å². The molecule has 0 amide bonds. The van der Waals surface area contributed by atoms with Gasteiger partial charge in [0.1, 0.15) is 17.3 Å². The van der Waals surface area contributed by atoms with E-state index in [1.807, 2.05) is 50.2 Å². The van der Waals surface area contributed by atoms with Gasteiger partial charge in [0.05, 0.1) is 18.5 Å². The molecule has 0 aliphatic carbocycles. The largest absolute Gasteiger partial charge is 0.497 e. The summed E-state index contributed by atoms with van der Waals surface area (Å²) in [5.41, 5.74) is 1.75. The fourth-order valence-electron chi connectivity index (χ4n) is 1.53. The molecule has 1 aromatic carbocycles. The molecule has 0 bridgehead atoms. The van der Waals surface area contributed by atoms with Crippen LogP contribution in [0.3, 0.4) is 0 Å². The van der Waals surface area contributed by atoms with Gasteiger partial charge in [0, 0.05) is 0 Å². The number of hydrogen-bond acceptors (Lipinski definition) is 3. The Kier molecular flexibility index (Phi) is 3.28. The Morgan fingerprint density at radius 2 is 1.82 bits per heavy atom. The first kappa shape index (κ1) is 11.5. The molecular formula is C14H15NO2. The Balaban J connectivity index is 2.23. The summed E-state index contributed by atoms with van der Waals surface area (Å²) >= 11 is 0. The molecule has 2 aromatic rings. The number of rotatable bonds is 3. The molecule has 1 heterocycles. The minimum atomic E-state index is 0.804. The quantitative estimate of drug-likeness (QED) is 0.751. The van der Waals surface area contributed by atoms with Crippen LogP contribution >= 0.6 is 0 Å². The van der Waals surface area contributed by atoms with E-state index in [0.29, 0.717) is 0 Å². The summed E-state index contributed by atoms with van der Waals surface area (Å²) in [5, 5.41) is 0. The van der Waals surface area contributed by atoms with Crippen LogP contribution in [0.5, 0.6) is 5.75 Å². The molecule has 0 N–H and O–H groups in total. The fraction of sp³-hybridized carbons (Fsp3) is 0.214. The van der Waals surface area contributed by atoms with Gasteiger partial charge in [0.2, 0.25) is 0 Å². The highest BCUT2D eigenvalue weighted by atomic mass is 16.5. The van der Waals surface area contributed by atoms with Crippen molar-refractivity contribution in [2.75, 3.05) is 7.11 Å². The van der Waals surface area contributed by atoms with Gasteiger partial charge in [0.15, 0.2) is 0 Å². The first-order valence-electron chi connectivity index (χ1n) is 5.45. The monoisotopic (exact) mass is 229 g/mol. The highest BCUT2D eigenvalue weighted by Gasteiger charge is 2.02. The average Bonchev–Trinajstić information content (AvgIpc) is 2.77. The minimum Gasteiger partial charge on any atom is -0.497 e. The number of benzene rings is 1. The predicted octanol–water partition coefficient (Wildman–Crippen LogP) is 3.74. The topological polar surface area (TPSA) is 34.7 Å². The van der Waals surface area contributed by atoms with Crippen molar-refractivity contribution in [3.05, 3.63) is 47.9 Å². The number of furan rings is 1. The number of hydrogen-bond donors (Lipinski definition) is 0. The Morgan fingerprint density at radius 1 is 1.12 bits per heavy atom. The second-order valence-electron chi connectivity index (χ2n) is 3.81. The van der Waals surface area contributed by atoms with Crippen LogP contribution in [0.4, 0.5) is 5.69 Å². The molecule has 3 heteroatoms. The molecule has 88 valence electrons. The molecule has 0 saturated heterocycles. The molecule has 0 aliphatic rings. The molecule has 3 nitrogen and oxygen atoms in total. The molecule has 0 saturated carbocycles. The lowest BCUT2D eigenvalue weighted by Gasteiger charge is -2.00. The molecule has 0 radical (unpaired) electrons. The zero-order valence-electron chi connectivity index (χ0n) is 10.2. The smallest absolute Gasteiger partial charge is 0.148 e. The molecule has 0 atom stereocenters. The van der Waals surface area contributed by atoms with Gasteiger partial charge in [-0.25, -0.2) is 4.99 Å². The average molecular weight is 229 g/mol. The summed E-state index contributed by atoms with van der Waals surface area (Å²) in [7, 11) is 1.65. The first-order chi connectivity index (χ1) is 8.19. The number of nitrogens with zero attached hydrogens (tertiary/aromatic N) is 1. The van der Waals surface area contributed by atoms with Crippen LogP contribution in [-0.4, -0.2) is 12.8 Å². The Bertz CT molecular complexity index is 523. The van der Waals surface area contributed by atoms with Crippen molar-refractivity contribution >= 4 is 11.4 Å². The molecule has 0 unspecified atom stereocenters. The lowest BCUT2D eigenvalue weighted by Crippen LogP contribution is -1.90. The summed E-state index contributed by atoms with van der Waals surface area (Å²) in [6, 6.07) is 11.5. The highest BCUT2D eigenvalue weighted by molar-refractivity contribution is 5.97. The third-order valence-electron chi connectivity index (χ3n) is 2.47. The van der Waals surface area contributed by atoms with Crippen LogP contribution in [0.15, 0.2) is 45.8 Å². The number of aliphatic imine (C=N–C) groups is 1. The van der Waals surface area contributed by atoms with Gasteiger partial charge in [-0.2, -0.15) is 0 Å². The molecule has 17 heavy (non-hydrogen) atoms. The Labute approximate surface area is 101 Å². The Hall–Kier alpha value is -2.03. The van der Waals surface area contributed by atoms with Gasteiger partial charge >= 0.3 is 0 Å². The van der Waals surface area contributed by atoms with E-state index in [1.165, 1.54) is 0 Å². The van der Waals surface area contributed by atoms with Gasteiger partial charge in [-0.3, -0.25) is 0 Å². The Morgan fingerprint density at radius 3 is 2.35 bits per heavy atom. The molecule has 2 rings (SSSR count). The van der Waals surface area contributed by atoms with Crippen molar-refractivity contribution in [1.29, 1.82) is 0 Å². The summed E-state index contributed by atoms with van der Waals surface area (Å²) in [6.07, 6.45) is 0. The molecule has 0 aliphatic heterocycles. The molecule has 0 spiro atoms. The van der Waals surface area contributed by atoms with Crippen LogP contribution < -0.4 is 4.74 Å². The normalized spacial score (nSPS) is 11.6. The maximum absolute atomic E-state index is 5.51. The van der Waals surface area contributed by atoms with Gasteiger partial charge in [-0.1, -0.05) is 0 Å². The third-order valence-corrected chi connectivity index (χ3v) is 2.47. The van der Waals surface area contributed by atoms with E-state index in [-0.39, 0.29) is 0 Å². The van der Waals surface area contributed by atoms with Gasteiger partial charge in [0.25, 0.3) is 0 Å². The van der Waals surface area contributed by atoms with Crippen molar-refractivity contribution in [2.24, 2.45) is 4.99 Å². The summed E-state index contributed by atoms with van der Waals surface area (Å²) in [6.45, 7) is 3.85. The summed E-state index contributed by atoms with van der Waals surface area (Å²) in [4.78, 5) is 4.49. The van der Waals surface area contributed by atoms with Crippen molar-refractivity contribution in [3.63, 3.8) is 0 Å². The maximum atomic E-state index is 5.51. The van der Waals surface area contributed by atoms with Crippen molar-refractivity contribution in [1.82, 2.24) is 0 Å². The first-order valence-corrected chi connectivity index (χ1v) is 5.45. The highest BCUT2D eigenvalue weighted by Crippen LogP contribution is 2.19. The van der Waals surface area contributed by atoms with Crippen molar-refractivity contribution < 1.29 is 9.15 Å². The molecule has 1 aromatic heterocycles.